The number of carbonyl (C=O) groups excluding carboxylic acids is 1. The lowest BCUT2D eigenvalue weighted by molar-refractivity contribution is -0.384. The number of nitro benzene ring substituents is 1. The van der Waals surface area contributed by atoms with E-state index in [1.807, 2.05) is 0 Å². The highest BCUT2D eigenvalue weighted by Gasteiger charge is 2.29. The standard InChI is InChI=1S/C21H20FN5O5S/c22-17-2-8-20(9-3-17)33(31,32)25-11-1-10-24(12-13-25)21(28)16-14-23-26(15-16)18-4-6-19(7-5-18)27(29)30/h2-9,14-15H,1,10-13H2. The molecule has 2 aromatic carbocycles. The Labute approximate surface area is 189 Å². The second-order valence-corrected chi connectivity index (χ2v) is 9.39. The van der Waals surface area contributed by atoms with Gasteiger partial charge in [0.2, 0.25) is 10.0 Å². The Kier molecular flexibility index (Phi) is 6.20. The van der Waals surface area contributed by atoms with E-state index in [9.17, 15) is 27.7 Å². The van der Waals surface area contributed by atoms with Gasteiger partial charge < -0.3 is 4.90 Å². The normalized spacial score (nSPS) is 15.2. The van der Waals surface area contributed by atoms with Gasteiger partial charge in [-0.15, -0.1) is 0 Å². The fraction of sp³-hybridized carbons (Fsp3) is 0.238. The number of aromatic nitrogens is 2. The topological polar surface area (TPSA) is 119 Å². The maximum absolute atomic E-state index is 13.2. The second-order valence-electron chi connectivity index (χ2n) is 7.45. The van der Waals surface area contributed by atoms with Crippen molar-refractivity contribution >= 4 is 21.6 Å². The fourth-order valence-corrected chi connectivity index (χ4v) is 5.05. The van der Waals surface area contributed by atoms with Crippen LogP contribution in [0.4, 0.5) is 10.1 Å². The van der Waals surface area contributed by atoms with Crippen LogP contribution in [0.2, 0.25) is 0 Å². The van der Waals surface area contributed by atoms with E-state index in [-0.39, 0.29) is 36.1 Å². The summed E-state index contributed by atoms with van der Waals surface area (Å²) in [5.74, 6) is -0.806. The number of hydrogen-bond acceptors (Lipinski definition) is 6. The highest BCUT2D eigenvalue weighted by Crippen LogP contribution is 2.20. The monoisotopic (exact) mass is 473 g/mol. The molecule has 0 unspecified atom stereocenters. The third kappa shape index (κ3) is 4.76. The molecule has 4 rings (SSSR count). The maximum Gasteiger partial charge on any atom is 0.269 e. The van der Waals surface area contributed by atoms with E-state index >= 15 is 0 Å². The first-order valence-electron chi connectivity index (χ1n) is 10.1. The molecule has 0 radical (unpaired) electrons. The molecule has 33 heavy (non-hydrogen) atoms. The highest BCUT2D eigenvalue weighted by atomic mass is 32.2. The number of carbonyl (C=O) groups is 1. The lowest BCUT2D eigenvalue weighted by Crippen LogP contribution is -2.37. The van der Waals surface area contributed by atoms with Crippen LogP contribution in [0.1, 0.15) is 16.8 Å². The first-order valence-corrected chi connectivity index (χ1v) is 11.5. The summed E-state index contributed by atoms with van der Waals surface area (Å²) in [5.41, 5.74) is 0.835. The van der Waals surface area contributed by atoms with Crippen LogP contribution in [-0.4, -0.2) is 64.4 Å². The van der Waals surface area contributed by atoms with Gasteiger partial charge in [-0.2, -0.15) is 9.40 Å². The highest BCUT2D eigenvalue weighted by molar-refractivity contribution is 7.89. The lowest BCUT2D eigenvalue weighted by Gasteiger charge is -2.21. The second kappa shape index (κ2) is 9.08. The molecule has 0 N–H and O–H groups in total. The summed E-state index contributed by atoms with van der Waals surface area (Å²) in [6.45, 7) is 0.923. The average molecular weight is 473 g/mol. The van der Waals surface area contributed by atoms with Crippen LogP contribution in [0.5, 0.6) is 0 Å². The van der Waals surface area contributed by atoms with Crippen molar-refractivity contribution in [3.63, 3.8) is 0 Å². The molecule has 1 aliphatic rings. The average Bonchev–Trinajstić information content (AvgIpc) is 3.16. The smallest absolute Gasteiger partial charge is 0.269 e. The molecule has 1 fully saturated rings. The maximum atomic E-state index is 13.2. The molecule has 12 heteroatoms. The van der Waals surface area contributed by atoms with Gasteiger partial charge in [-0.3, -0.25) is 14.9 Å². The van der Waals surface area contributed by atoms with E-state index in [0.717, 1.165) is 12.1 Å². The zero-order valence-electron chi connectivity index (χ0n) is 17.4. The first-order chi connectivity index (χ1) is 15.8. The van der Waals surface area contributed by atoms with Crippen molar-refractivity contribution in [3.05, 3.63) is 82.4 Å². The van der Waals surface area contributed by atoms with Crippen molar-refractivity contribution in [1.29, 1.82) is 0 Å². The van der Waals surface area contributed by atoms with Gasteiger partial charge in [0.25, 0.3) is 11.6 Å². The van der Waals surface area contributed by atoms with Gasteiger partial charge >= 0.3 is 0 Å². The molecule has 0 aliphatic carbocycles. The molecule has 1 aromatic heterocycles. The number of sulfonamides is 1. The van der Waals surface area contributed by atoms with Crippen molar-refractivity contribution in [2.45, 2.75) is 11.3 Å². The Hall–Kier alpha value is -3.64. The molecule has 3 aromatic rings. The minimum Gasteiger partial charge on any atom is -0.337 e. The molecule has 0 bridgehead atoms. The number of amides is 1. The van der Waals surface area contributed by atoms with Crippen molar-refractivity contribution in [1.82, 2.24) is 19.0 Å². The van der Waals surface area contributed by atoms with Gasteiger partial charge in [-0.25, -0.2) is 17.5 Å². The van der Waals surface area contributed by atoms with Gasteiger partial charge in [-0.1, -0.05) is 0 Å². The molecule has 0 saturated carbocycles. The van der Waals surface area contributed by atoms with E-state index in [1.54, 1.807) is 4.90 Å². The Bertz CT molecular complexity index is 1280. The van der Waals surface area contributed by atoms with Crippen LogP contribution in [0.25, 0.3) is 5.69 Å². The summed E-state index contributed by atoms with van der Waals surface area (Å²) in [6, 6.07) is 10.4. The molecule has 1 aliphatic heterocycles. The van der Waals surface area contributed by atoms with Gasteiger partial charge in [0.15, 0.2) is 0 Å². The molecule has 0 atom stereocenters. The quantitative estimate of drug-likeness (QED) is 0.415. The number of benzene rings is 2. The lowest BCUT2D eigenvalue weighted by atomic mass is 10.2. The van der Waals surface area contributed by atoms with Gasteiger partial charge in [-0.05, 0) is 42.8 Å². The van der Waals surface area contributed by atoms with Gasteiger partial charge in [0.1, 0.15) is 5.82 Å². The van der Waals surface area contributed by atoms with Crippen molar-refractivity contribution < 1.29 is 22.5 Å². The van der Waals surface area contributed by atoms with Gasteiger partial charge in [0, 0.05) is 44.5 Å². The van der Waals surface area contributed by atoms with E-state index in [4.69, 9.17) is 0 Å². The molecule has 1 saturated heterocycles. The van der Waals surface area contributed by atoms with E-state index in [1.165, 1.54) is 57.8 Å². The predicted molar refractivity (Wildman–Crippen MR) is 116 cm³/mol. The Morgan fingerprint density at radius 3 is 2.36 bits per heavy atom. The number of non-ortho nitro benzene ring substituents is 1. The SMILES string of the molecule is O=C(c1cnn(-c2ccc([N+](=O)[O-])cc2)c1)N1CCCN(S(=O)(=O)c2ccc(F)cc2)CC1. The minimum atomic E-state index is -3.79. The van der Waals surface area contributed by atoms with Crippen LogP contribution in [-0.2, 0) is 10.0 Å². The van der Waals surface area contributed by atoms with Crippen LogP contribution >= 0.6 is 0 Å². The Morgan fingerprint density at radius 2 is 1.70 bits per heavy atom. The summed E-state index contributed by atoms with van der Waals surface area (Å²) in [4.78, 5) is 24.9. The van der Waals surface area contributed by atoms with Gasteiger partial charge in [0.05, 0.1) is 27.3 Å². The predicted octanol–water partition coefficient (Wildman–Crippen LogP) is 2.46. The summed E-state index contributed by atoms with van der Waals surface area (Å²) < 4.78 is 41.6. The molecular formula is C21H20FN5O5S. The zero-order valence-corrected chi connectivity index (χ0v) is 18.2. The minimum absolute atomic E-state index is 0.00745. The van der Waals surface area contributed by atoms with E-state index < -0.39 is 20.8 Å². The fourth-order valence-electron chi connectivity index (χ4n) is 3.58. The molecular weight excluding hydrogens is 453 g/mol. The summed E-state index contributed by atoms with van der Waals surface area (Å²) >= 11 is 0. The summed E-state index contributed by atoms with van der Waals surface area (Å²) in [6.07, 6.45) is 3.38. The number of hydrogen-bond donors (Lipinski definition) is 0. The third-order valence-electron chi connectivity index (χ3n) is 5.35. The van der Waals surface area contributed by atoms with Crippen molar-refractivity contribution in [3.8, 4) is 5.69 Å². The number of nitro groups is 1. The molecule has 1 amide bonds. The van der Waals surface area contributed by atoms with E-state index in [0.29, 0.717) is 24.2 Å². The van der Waals surface area contributed by atoms with E-state index in [2.05, 4.69) is 5.10 Å². The summed E-state index contributed by atoms with van der Waals surface area (Å²) in [5, 5.41) is 15.0. The largest absolute Gasteiger partial charge is 0.337 e. The van der Waals surface area contributed by atoms with Crippen LogP contribution in [0.15, 0.2) is 65.8 Å². The zero-order chi connectivity index (χ0) is 23.6. The molecule has 10 nitrogen and oxygen atoms in total. The molecule has 2 heterocycles. The number of nitrogens with zero attached hydrogens (tertiary/aromatic N) is 5. The van der Waals surface area contributed by atoms with Crippen LogP contribution < -0.4 is 0 Å². The number of halogens is 1. The van der Waals surface area contributed by atoms with Crippen LogP contribution in [0, 0.1) is 15.9 Å². The van der Waals surface area contributed by atoms with Crippen LogP contribution in [0.3, 0.4) is 0 Å². The number of rotatable bonds is 5. The first kappa shape index (κ1) is 22.6. The summed E-state index contributed by atoms with van der Waals surface area (Å²) in [7, 11) is -3.79. The molecule has 0 spiro atoms. The third-order valence-corrected chi connectivity index (χ3v) is 7.26. The van der Waals surface area contributed by atoms with Crippen molar-refractivity contribution in [2.24, 2.45) is 0 Å². The Balaban J connectivity index is 1.45. The molecule has 172 valence electrons. The Morgan fingerprint density at radius 1 is 1.00 bits per heavy atom. The van der Waals surface area contributed by atoms with Crippen molar-refractivity contribution in [2.75, 3.05) is 26.2 Å².